The molecule has 0 spiro atoms. The molecule has 7 heteroatoms. The average Bonchev–Trinajstić information content (AvgIpc) is 2.70. The van der Waals surface area contributed by atoms with Gasteiger partial charge in [-0.25, -0.2) is 14.2 Å². The standard InChI is InChI=1S/C22H23FN4O2/c1-3-29-21(28)18-6-4-5-7-19(18)26-20-14-15(2)25-22(27-20)24-13-12-16-8-10-17(23)11-9-16/h4-11,14H,3,12-13H2,1-2H3,(H2,24,25,26,27). The molecule has 3 aromatic rings. The Bertz CT molecular complexity index is 977. The molecule has 0 saturated carbocycles. The second-order valence-electron chi connectivity index (χ2n) is 6.41. The molecule has 0 aliphatic rings. The first-order chi connectivity index (χ1) is 14.0. The monoisotopic (exact) mass is 394 g/mol. The molecule has 3 rings (SSSR count). The van der Waals surface area contributed by atoms with E-state index >= 15 is 0 Å². The predicted molar refractivity (Wildman–Crippen MR) is 111 cm³/mol. The quantitative estimate of drug-likeness (QED) is 0.548. The zero-order valence-corrected chi connectivity index (χ0v) is 16.4. The molecule has 0 bridgehead atoms. The number of ether oxygens (including phenoxy) is 1. The molecular weight excluding hydrogens is 371 g/mol. The number of nitrogens with zero attached hydrogens (tertiary/aromatic N) is 2. The number of aromatic nitrogens is 2. The maximum Gasteiger partial charge on any atom is 0.340 e. The molecule has 6 nitrogen and oxygen atoms in total. The molecule has 1 aromatic heterocycles. The fourth-order valence-corrected chi connectivity index (χ4v) is 2.80. The molecule has 0 saturated heterocycles. The Morgan fingerprint density at radius 3 is 2.62 bits per heavy atom. The van der Waals surface area contributed by atoms with Crippen LogP contribution in [0, 0.1) is 12.7 Å². The van der Waals surface area contributed by atoms with Crippen molar-refractivity contribution in [1.82, 2.24) is 9.97 Å². The van der Waals surface area contributed by atoms with Crippen LogP contribution in [0.1, 0.15) is 28.5 Å². The number of rotatable bonds is 8. The number of hydrogen-bond donors (Lipinski definition) is 2. The van der Waals surface area contributed by atoms with Crippen molar-refractivity contribution < 1.29 is 13.9 Å². The Morgan fingerprint density at radius 2 is 1.86 bits per heavy atom. The number of aryl methyl sites for hydroxylation is 1. The van der Waals surface area contributed by atoms with E-state index in [1.807, 2.05) is 13.0 Å². The van der Waals surface area contributed by atoms with Crippen LogP contribution < -0.4 is 10.6 Å². The summed E-state index contributed by atoms with van der Waals surface area (Å²) in [6.45, 7) is 4.55. The van der Waals surface area contributed by atoms with Crippen molar-refractivity contribution in [1.29, 1.82) is 0 Å². The van der Waals surface area contributed by atoms with Crippen LogP contribution in [0.3, 0.4) is 0 Å². The number of carbonyl (C=O) groups is 1. The van der Waals surface area contributed by atoms with Gasteiger partial charge in [-0.3, -0.25) is 0 Å². The number of nitrogens with one attached hydrogen (secondary N) is 2. The summed E-state index contributed by atoms with van der Waals surface area (Å²) in [5.74, 6) is 0.406. The molecular formula is C22H23FN4O2. The van der Waals surface area contributed by atoms with Crippen LogP contribution in [-0.4, -0.2) is 29.1 Å². The normalized spacial score (nSPS) is 10.4. The topological polar surface area (TPSA) is 76.1 Å². The highest BCUT2D eigenvalue weighted by molar-refractivity contribution is 5.96. The van der Waals surface area contributed by atoms with Crippen molar-refractivity contribution in [2.24, 2.45) is 0 Å². The predicted octanol–water partition coefficient (Wildman–Crippen LogP) is 4.50. The van der Waals surface area contributed by atoms with Gasteiger partial charge in [0.1, 0.15) is 11.6 Å². The van der Waals surface area contributed by atoms with Crippen LogP contribution in [0.4, 0.5) is 21.8 Å². The lowest BCUT2D eigenvalue weighted by Crippen LogP contribution is -2.11. The van der Waals surface area contributed by atoms with Crippen molar-refractivity contribution in [3.05, 3.63) is 77.2 Å². The third kappa shape index (κ3) is 5.75. The van der Waals surface area contributed by atoms with Crippen LogP contribution in [-0.2, 0) is 11.2 Å². The lowest BCUT2D eigenvalue weighted by atomic mass is 10.1. The number of carbonyl (C=O) groups excluding carboxylic acids is 1. The first-order valence-corrected chi connectivity index (χ1v) is 9.42. The minimum Gasteiger partial charge on any atom is -0.462 e. The first kappa shape index (κ1) is 20.3. The summed E-state index contributed by atoms with van der Waals surface area (Å²) in [5, 5.41) is 6.36. The molecule has 2 N–H and O–H groups in total. The lowest BCUT2D eigenvalue weighted by molar-refractivity contribution is 0.0527. The Labute approximate surface area is 169 Å². The Hall–Kier alpha value is -3.48. The van der Waals surface area contributed by atoms with E-state index < -0.39 is 0 Å². The van der Waals surface area contributed by atoms with Crippen molar-refractivity contribution in [3.8, 4) is 0 Å². The maximum atomic E-state index is 13.0. The highest BCUT2D eigenvalue weighted by Crippen LogP contribution is 2.21. The highest BCUT2D eigenvalue weighted by Gasteiger charge is 2.13. The van der Waals surface area contributed by atoms with Gasteiger partial charge < -0.3 is 15.4 Å². The molecule has 0 amide bonds. The molecule has 0 unspecified atom stereocenters. The molecule has 0 fully saturated rings. The largest absolute Gasteiger partial charge is 0.462 e. The zero-order valence-electron chi connectivity index (χ0n) is 16.4. The van der Waals surface area contributed by atoms with E-state index in [1.165, 1.54) is 12.1 Å². The Balaban J connectivity index is 1.69. The Morgan fingerprint density at radius 1 is 1.10 bits per heavy atom. The van der Waals surface area contributed by atoms with E-state index in [4.69, 9.17) is 4.74 Å². The van der Waals surface area contributed by atoms with Crippen LogP contribution in [0.2, 0.25) is 0 Å². The Kier molecular flexibility index (Phi) is 6.73. The third-order valence-electron chi connectivity index (χ3n) is 4.15. The summed E-state index contributed by atoms with van der Waals surface area (Å²) in [5.41, 5.74) is 2.85. The highest BCUT2D eigenvalue weighted by atomic mass is 19.1. The van der Waals surface area contributed by atoms with Gasteiger partial charge in [-0.2, -0.15) is 4.98 Å². The minimum absolute atomic E-state index is 0.248. The number of para-hydroxylation sites is 1. The van der Waals surface area contributed by atoms with E-state index in [0.29, 0.717) is 42.6 Å². The summed E-state index contributed by atoms with van der Waals surface area (Å²) < 4.78 is 18.1. The molecule has 0 radical (unpaired) electrons. The summed E-state index contributed by atoms with van der Waals surface area (Å²) in [4.78, 5) is 21.0. The van der Waals surface area contributed by atoms with Gasteiger partial charge >= 0.3 is 5.97 Å². The van der Waals surface area contributed by atoms with Crippen molar-refractivity contribution >= 4 is 23.4 Å². The van der Waals surface area contributed by atoms with Gasteiger partial charge in [0.05, 0.1) is 17.9 Å². The van der Waals surface area contributed by atoms with E-state index in [9.17, 15) is 9.18 Å². The molecule has 150 valence electrons. The molecule has 0 aliphatic heterocycles. The fourth-order valence-electron chi connectivity index (χ4n) is 2.80. The lowest BCUT2D eigenvalue weighted by Gasteiger charge is -2.12. The van der Waals surface area contributed by atoms with E-state index in [1.54, 1.807) is 43.3 Å². The molecule has 0 atom stereocenters. The van der Waals surface area contributed by atoms with Crippen LogP contribution in [0.25, 0.3) is 0 Å². The van der Waals surface area contributed by atoms with Crippen molar-refractivity contribution in [2.75, 3.05) is 23.8 Å². The van der Waals surface area contributed by atoms with Crippen LogP contribution in [0.15, 0.2) is 54.6 Å². The van der Waals surface area contributed by atoms with E-state index in [0.717, 1.165) is 11.3 Å². The molecule has 1 heterocycles. The van der Waals surface area contributed by atoms with Gasteiger partial charge in [-0.1, -0.05) is 24.3 Å². The SMILES string of the molecule is CCOC(=O)c1ccccc1Nc1cc(C)nc(NCCc2ccc(F)cc2)n1. The summed E-state index contributed by atoms with van der Waals surface area (Å²) in [6.07, 6.45) is 0.714. The second kappa shape index (κ2) is 9.64. The van der Waals surface area contributed by atoms with E-state index in [2.05, 4.69) is 20.6 Å². The van der Waals surface area contributed by atoms with Crippen molar-refractivity contribution in [3.63, 3.8) is 0 Å². The van der Waals surface area contributed by atoms with Gasteiger partial charge in [0.2, 0.25) is 5.95 Å². The van der Waals surface area contributed by atoms with Crippen LogP contribution in [0.5, 0.6) is 0 Å². The zero-order chi connectivity index (χ0) is 20.6. The average molecular weight is 394 g/mol. The fraction of sp³-hybridized carbons (Fsp3) is 0.227. The maximum absolute atomic E-state index is 13.0. The number of esters is 1. The van der Waals surface area contributed by atoms with Crippen LogP contribution >= 0.6 is 0 Å². The van der Waals surface area contributed by atoms with Gasteiger partial charge in [-0.15, -0.1) is 0 Å². The van der Waals surface area contributed by atoms with Gasteiger partial charge in [0.15, 0.2) is 0 Å². The summed E-state index contributed by atoms with van der Waals surface area (Å²) >= 11 is 0. The number of benzene rings is 2. The molecule has 2 aromatic carbocycles. The van der Waals surface area contributed by atoms with Crippen molar-refractivity contribution in [2.45, 2.75) is 20.3 Å². The summed E-state index contributed by atoms with van der Waals surface area (Å²) in [7, 11) is 0. The van der Waals surface area contributed by atoms with Gasteiger partial charge in [-0.05, 0) is 50.1 Å². The minimum atomic E-state index is -0.390. The second-order valence-corrected chi connectivity index (χ2v) is 6.41. The van der Waals surface area contributed by atoms with E-state index in [-0.39, 0.29) is 11.8 Å². The summed E-state index contributed by atoms with van der Waals surface area (Å²) in [6, 6.07) is 15.3. The third-order valence-corrected chi connectivity index (χ3v) is 4.15. The van der Waals surface area contributed by atoms with Gasteiger partial charge in [0, 0.05) is 18.3 Å². The smallest absolute Gasteiger partial charge is 0.340 e. The number of anilines is 3. The number of hydrogen-bond acceptors (Lipinski definition) is 6. The number of halogens is 1. The van der Waals surface area contributed by atoms with Gasteiger partial charge in [0.25, 0.3) is 0 Å². The molecule has 29 heavy (non-hydrogen) atoms. The molecule has 0 aliphatic carbocycles. The first-order valence-electron chi connectivity index (χ1n) is 9.42.